The maximum atomic E-state index is 3.04. The number of rotatable bonds is 5. The third-order valence-corrected chi connectivity index (χ3v) is 1.46. The highest BCUT2D eigenvalue weighted by Gasteiger charge is 1.82. The van der Waals surface area contributed by atoms with Crippen molar-refractivity contribution in [2.45, 2.75) is 32.6 Å². The summed E-state index contributed by atoms with van der Waals surface area (Å²) in [4.78, 5) is 0. The molecule has 0 rings (SSSR count). The van der Waals surface area contributed by atoms with Crippen LogP contribution >= 0.6 is 0 Å². The van der Waals surface area contributed by atoms with Crippen molar-refractivity contribution in [3.8, 4) is 0 Å². The minimum absolute atomic E-state index is 1.14. The average Bonchev–Trinajstić information content (AvgIpc) is 1.81. The lowest BCUT2D eigenvalue weighted by Gasteiger charge is -1.96. The van der Waals surface area contributed by atoms with Crippen LogP contribution in [0.25, 0.3) is 0 Å². The first-order chi connectivity index (χ1) is 3.91. The van der Waals surface area contributed by atoms with Gasteiger partial charge < -0.3 is 4.30 Å². The summed E-state index contributed by atoms with van der Waals surface area (Å²) in [5.74, 6) is 0. The molecule has 2 heteroatoms. The van der Waals surface area contributed by atoms with Gasteiger partial charge in [-0.2, -0.15) is 0 Å². The molecule has 0 aromatic heterocycles. The molecule has 0 saturated carbocycles. The highest BCUT2D eigenvalue weighted by atomic mass is 27.1. The van der Waals surface area contributed by atoms with E-state index in [0.29, 0.717) is 0 Å². The summed E-state index contributed by atoms with van der Waals surface area (Å²) in [5.41, 5.74) is 0. The van der Waals surface area contributed by atoms with Crippen LogP contribution in [0.5, 0.6) is 0 Å². The molecule has 0 spiro atoms. The monoisotopic (exact) mass is 127 g/mol. The largest absolute Gasteiger partial charge is 0.415 e. The highest BCUT2D eigenvalue weighted by Crippen LogP contribution is 1.96. The molecule has 1 nitrogen and oxygen atoms in total. The second kappa shape index (κ2) is 7.49. The molecule has 0 atom stereocenters. The molecule has 0 aliphatic carbocycles. The molecule has 0 aliphatic rings. The number of hydrogen-bond donors (Lipinski definition) is 1. The van der Waals surface area contributed by atoms with Gasteiger partial charge in [-0.05, 0) is 13.0 Å². The van der Waals surface area contributed by atoms with E-state index in [1.807, 2.05) is 0 Å². The van der Waals surface area contributed by atoms with Gasteiger partial charge in [-0.15, -0.1) is 0 Å². The molecule has 0 bridgehead atoms. The van der Waals surface area contributed by atoms with Crippen LogP contribution in [-0.4, -0.2) is 23.1 Å². The van der Waals surface area contributed by atoms with Gasteiger partial charge in [0.05, 0.1) is 0 Å². The summed E-state index contributed by atoms with van der Waals surface area (Å²) in [6.07, 6.45) is 5.40. The zero-order valence-corrected chi connectivity index (χ0v) is 6.77. The second-order valence-electron chi connectivity index (χ2n) is 2.01. The molecule has 0 heterocycles. The molecule has 0 fully saturated rings. The molecular weight excluding hydrogens is 113 g/mol. The van der Waals surface area contributed by atoms with Gasteiger partial charge in [-0.3, -0.25) is 0 Å². The predicted molar refractivity (Wildman–Crippen MR) is 37.9 cm³/mol. The van der Waals surface area contributed by atoms with Gasteiger partial charge in [0, 0.05) is 0 Å². The summed E-state index contributed by atoms with van der Waals surface area (Å²) >= 11 is 2.52. The molecular formula is C6H14AlN. The smallest absolute Gasteiger partial charge is 0.251 e. The lowest BCUT2D eigenvalue weighted by Crippen LogP contribution is -2.09. The summed E-state index contributed by atoms with van der Waals surface area (Å²) in [6.45, 7) is 3.37. The molecule has 0 amide bonds. The van der Waals surface area contributed by atoms with E-state index in [2.05, 4.69) is 27.7 Å². The van der Waals surface area contributed by atoms with Crippen molar-refractivity contribution in [2.24, 2.45) is 0 Å². The van der Waals surface area contributed by atoms with Crippen LogP contribution in [0.1, 0.15) is 32.6 Å². The summed E-state index contributed by atoms with van der Waals surface area (Å²) in [7, 11) is 0. The summed E-state index contributed by atoms with van der Waals surface area (Å²) in [6, 6.07) is 0. The number of unbranched alkanes of at least 4 members (excludes halogenated alkanes) is 3. The highest BCUT2D eigenvalue weighted by molar-refractivity contribution is 6.04. The van der Waals surface area contributed by atoms with Crippen molar-refractivity contribution in [1.82, 2.24) is 4.30 Å². The molecule has 1 N–H and O–H groups in total. The fourth-order valence-corrected chi connectivity index (χ4v) is 0.858. The van der Waals surface area contributed by atoms with Crippen LogP contribution in [0.15, 0.2) is 0 Å². The van der Waals surface area contributed by atoms with Crippen molar-refractivity contribution in [3.63, 3.8) is 0 Å². The van der Waals surface area contributed by atoms with Crippen LogP contribution in [0, 0.1) is 0 Å². The fraction of sp³-hybridized carbons (Fsp3) is 1.00. The van der Waals surface area contributed by atoms with Crippen molar-refractivity contribution < 1.29 is 0 Å². The third kappa shape index (κ3) is 6.49. The first kappa shape index (κ1) is 8.49. The minimum Gasteiger partial charge on any atom is -0.415 e. The Bertz CT molecular complexity index is 33.5. The van der Waals surface area contributed by atoms with E-state index in [1.165, 1.54) is 25.7 Å². The first-order valence-electron chi connectivity index (χ1n) is 3.35. The van der Waals surface area contributed by atoms with E-state index in [1.54, 1.807) is 0 Å². The van der Waals surface area contributed by atoms with Gasteiger partial charge in [0.25, 0.3) is 16.5 Å². The summed E-state index contributed by atoms with van der Waals surface area (Å²) < 4.78 is 3.04. The van der Waals surface area contributed by atoms with Crippen LogP contribution in [-0.2, 0) is 0 Å². The van der Waals surface area contributed by atoms with E-state index in [0.717, 1.165) is 6.54 Å². The van der Waals surface area contributed by atoms with Gasteiger partial charge in [-0.1, -0.05) is 26.2 Å². The Morgan fingerprint density at radius 3 is 2.50 bits per heavy atom. The van der Waals surface area contributed by atoms with Crippen molar-refractivity contribution >= 4 is 16.5 Å². The quantitative estimate of drug-likeness (QED) is 0.433. The molecule has 2 radical (unpaired) electrons. The fourth-order valence-electron chi connectivity index (χ4n) is 0.654. The lowest BCUT2D eigenvalue weighted by atomic mass is 10.2. The molecule has 0 aromatic rings. The van der Waals surface area contributed by atoms with Crippen molar-refractivity contribution in [2.75, 3.05) is 6.54 Å². The van der Waals surface area contributed by atoms with Crippen LogP contribution in [0.3, 0.4) is 0 Å². The van der Waals surface area contributed by atoms with Gasteiger partial charge in [0.2, 0.25) is 0 Å². The lowest BCUT2D eigenvalue weighted by molar-refractivity contribution is 0.660. The van der Waals surface area contributed by atoms with Crippen molar-refractivity contribution in [1.29, 1.82) is 0 Å². The Hall–Kier alpha value is 0.492. The van der Waals surface area contributed by atoms with Crippen LogP contribution in [0.2, 0.25) is 0 Å². The minimum atomic E-state index is 1.14. The Kier molecular flexibility index (Phi) is 7.95. The predicted octanol–water partition coefficient (Wildman–Crippen LogP) is 1.24. The second-order valence-corrected chi connectivity index (χ2v) is 2.42. The normalized spacial score (nSPS) is 9.62. The molecule has 0 aliphatic heterocycles. The molecule has 46 valence electrons. The van der Waals surface area contributed by atoms with Gasteiger partial charge in [0.15, 0.2) is 0 Å². The van der Waals surface area contributed by atoms with Gasteiger partial charge >= 0.3 is 0 Å². The molecule has 0 saturated heterocycles. The van der Waals surface area contributed by atoms with E-state index < -0.39 is 0 Å². The van der Waals surface area contributed by atoms with E-state index in [4.69, 9.17) is 0 Å². The molecule has 0 aromatic carbocycles. The Labute approximate surface area is 60.5 Å². The maximum absolute atomic E-state index is 3.04. The van der Waals surface area contributed by atoms with Crippen molar-refractivity contribution in [3.05, 3.63) is 0 Å². The zero-order chi connectivity index (χ0) is 6.24. The average molecular weight is 127 g/mol. The summed E-state index contributed by atoms with van der Waals surface area (Å²) in [5, 5.41) is 0. The zero-order valence-electron chi connectivity index (χ0n) is 5.61. The Balaban J connectivity index is 2.53. The standard InChI is InChI=1S/C6H14N.Al/c1-2-3-4-5-6-7;/h7H,2-6H2,1H3;/q-1;+1. The van der Waals surface area contributed by atoms with E-state index in [9.17, 15) is 0 Å². The van der Waals surface area contributed by atoms with Gasteiger partial charge in [-0.25, -0.2) is 0 Å². The Morgan fingerprint density at radius 1 is 1.25 bits per heavy atom. The maximum Gasteiger partial charge on any atom is 0.251 e. The number of nitrogens with one attached hydrogen (secondary N) is 1. The van der Waals surface area contributed by atoms with E-state index in [-0.39, 0.29) is 0 Å². The van der Waals surface area contributed by atoms with Crippen LogP contribution < -0.4 is 4.30 Å². The van der Waals surface area contributed by atoms with Crippen LogP contribution in [0.4, 0.5) is 0 Å². The topological polar surface area (TPSA) is 12.0 Å². The van der Waals surface area contributed by atoms with E-state index >= 15 is 0 Å². The SMILES string of the molecule is CCCCCC[NH][Al]. The third-order valence-electron chi connectivity index (χ3n) is 1.17. The molecule has 8 heavy (non-hydrogen) atoms. The molecule has 0 unspecified atom stereocenters. The Morgan fingerprint density at radius 2 is 2.00 bits per heavy atom. The first-order valence-corrected chi connectivity index (χ1v) is 3.93. The van der Waals surface area contributed by atoms with Gasteiger partial charge in [0.1, 0.15) is 0 Å². The number of hydrogen-bond acceptors (Lipinski definition) is 1.